The average Bonchev–Trinajstić information content (AvgIpc) is 2.49. The third-order valence-corrected chi connectivity index (χ3v) is 3.34. The first-order chi connectivity index (χ1) is 8.08. The third kappa shape index (κ3) is 2.72. The molecule has 2 aliphatic rings. The van der Waals surface area contributed by atoms with Crippen molar-refractivity contribution >= 4 is 6.09 Å². The van der Waals surface area contributed by atoms with E-state index in [4.69, 9.17) is 5.11 Å². The molecule has 2 aliphatic heterocycles. The van der Waals surface area contributed by atoms with E-state index in [0.717, 1.165) is 25.9 Å². The first kappa shape index (κ1) is 12.2. The van der Waals surface area contributed by atoms with Gasteiger partial charge in [-0.15, -0.1) is 0 Å². The number of hydrogen-bond donors (Lipinski definition) is 2. The van der Waals surface area contributed by atoms with Gasteiger partial charge in [-0.2, -0.15) is 0 Å². The van der Waals surface area contributed by atoms with Crippen LogP contribution in [0.2, 0.25) is 0 Å². The first-order valence-electron chi connectivity index (χ1n) is 6.27. The molecular formula is C12H21N3O2. The van der Waals surface area contributed by atoms with E-state index in [-0.39, 0.29) is 0 Å². The van der Waals surface area contributed by atoms with Gasteiger partial charge in [-0.05, 0) is 17.9 Å². The summed E-state index contributed by atoms with van der Waals surface area (Å²) in [4.78, 5) is 12.5. The smallest absolute Gasteiger partial charge is 0.407 e. The van der Waals surface area contributed by atoms with E-state index in [1.165, 1.54) is 16.2 Å². The molecule has 17 heavy (non-hydrogen) atoms. The molecule has 0 fully saturated rings. The van der Waals surface area contributed by atoms with E-state index in [1.807, 2.05) is 0 Å². The standard InChI is InChI=1S/C12H21N3O2/c1-9(2)8-15-11-4-6-14(12(16)17)5-3-10(11)7-13-15/h9,13H,3-8H2,1-2H3,(H,16,17). The van der Waals surface area contributed by atoms with Crippen molar-refractivity contribution in [2.75, 3.05) is 26.2 Å². The first-order valence-corrected chi connectivity index (χ1v) is 6.27. The van der Waals surface area contributed by atoms with Gasteiger partial charge in [0.1, 0.15) is 0 Å². The molecule has 0 saturated heterocycles. The number of carbonyl (C=O) groups is 1. The second kappa shape index (κ2) is 4.96. The predicted molar refractivity (Wildman–Crippen MR) is 65.4 cm³/mol. The summed E-state index contributed by atoms with van der Waals surface area (Å²) in [6.45, 7) is 7.51. The summed E-state index contributed by atoms with van der Waals surface area (Å²) in [5, 5.41) is 11.2. The number of nitrogens with one attached hydrogen (secondary N) is 1. The third-order valence-electron chi connectivity index (χ3n) is 3.34. The van der Waals surface area contributed by atoms with Crippen LogP contribution in [0.5, 0.6) is 0 Å². The van der Waals surface area contributed by atoms with Crippen LogP contribution in [0.3, 0.4) is 0 Å². The summed E-state index contributed by atoms with van der Waals surface area (Å²) in [6.07, 6.45) is 0.902. The Hall–Kier alpha value is -1.23. The topological polar surface area (TPSA) is 55.8 Å². The molecule has 2 N–H and O–H groups in total. The Labute approximate surface area is 102 Å². The van der Waals surface area contributed by atoms with Crippen LogP contribution < -0.4 is 5.43 Å². The Morgan fingerprint density at radius 2 is 2.12 bits per heavy atom. The normalized spacial score (nSPS) is 20.9. The summed E-state index contributed by atoms with van der Waals surface area (Å²) in [5.41, 5.74) is 6.10. The molecule has 0 atom stereocenters. The lowest BCUT2D eigenvalue weighted by Gasteiger charge is -2.25. The fourth-order valence-electron chi connectivity index (χ4n) is 2.48. The fraction of sp³-hybridized carbons (Fsp3) is 0.750. The minimum Gasteiger partial charge on any atom is -0.465 e. The second-order valence-corrected chi connectivity index (χ2v) is 5.16. The Balaban J connectivity index is 2.02. The summed E-state index contributed by atoms with van der Waals surface area (Å²) >= 11 is 0. The monoisotopic (exact) mass is 239 g/mol. The van der Waals surface area contributed by atoms with Crippen molar-refractivity contribution < 1.29 is 9.90 Å². The van der Waals surface area contributed by atoms with E-state index >= 15 is 0 Å². The summed E-state index contributed by atoms with van der Waals surface area (Å²) in [5.74, 6) is 0.605. The van der Waals surface area contributed by atoms with Crippen molar-refractivity contribution in [2.45, 2.75) is 26.7 Å². The summed E-state index contributed by atoms with van der Waals surface area (Å²) in [6, 6.07) is 0. The molecule has 96 valence electrons. The van der Waals surface area contributed by atoms with Crippen LogP contribution in [0, 0.1) is 5.92 Å². The number of carboxylic acid groups (broad SMARTS) is 1. The quantitative estimate of drug-likeness (QED) is 0.766. The van der Waals surface area contributed by atoms with Crippen molar-refractivity contribution in [1.29, 1.82) is 0 Å². The molecule has 1 amide bonds. The van der Waals surface area contributed by atoms with Crippen LogP contribution in [0.25, 0.3) is 0 Å². The maximum atomic E-state index is 11.0. The van der Waals surface area contributed by atoms with E-state index < -0.39 is 6.09 Å². The van der Waals surface area contributed by atoms with Gasteiger partial charge in [0, 0.05) is 38.3 Å². The van der Waals surface area contributed by atoms with Crippen LogP contribution in [-0.4, -0.2) is 47.3 Å². The molecule has 2 rings (SSSR count). The lowest BCUT2D eigenvalue weighted by Crippen LogP contribution is -2.37. The van der Waals surface area contributed by atoms with Gasteiger partial charge in [-0.3, -0.25) is 0 Å². The highest BCUT2D eigenvalue weighted by Gasteiger charge is 2.27. The molecular weight excluding hydrogens is 218 g/mol. The lowest BCUT2D eigenvalue weighted by atomic mass is 10.1. The molecule has 0 unspecified atom stereocenters. The van der Waals surface area contributed by atoms with Gasteiger partial charge in [0.25, 0.3) is 0 Å². The van der Waals surface area contributed by atoms with Gasteiger partial charge < -0.3 is 15.0 Å². The molecule has 0 bridgehead atoms. The fourth-order valence-corrected chi connectivity index (χ4v) is 2.48. The minimum atomic E-state index is -0.797. The van der Waals surface area contributed by atoms with E-state index in [0.29, 0.717) is 19.0 Å². The highest BCUT2D eigenvalue weighted by Crippen LogP contribution is 2.25. The number of hydrazine groups is 1. The van der Waals surface area contributed by atoms with Crippen molar-refractivity contribution in [3.8, 4) is 0 Å². The van der Waals surface area contributed by atoms with E-state index in [1.54, 1.807) is 0 Å². The Bertz CT molecular complexity index is 339. The maximum absolute atomic E-state index is 11.0. The molecule has 2 heterocycles. The molecule has 5 nitrogen and oxygen atoms in total. The van der Waals surface area contributed by atoms with Crippen LogP contribution in [-0.2, 0) is 0 Å². The molecule has 0 radical (unpaired) electrons. The Morgan fingerprint density at radius 1 is 1.41 bits per heavy atom. The van der Waals surface area contributed by atoms with Crippen molar-refractivity contribution in [3.63, 3.8) is 0 Å². The summed E-state index contributed by atoms with van der Waals surface area (Å²) in [7, 11) is 0. The lowest BCUT2D eigenvalue weighted by molar-refractivity contribution is 0.145. The number of rotatable bonds is 2. The van der Waals surface area contributed by atoms with Crippen LogP contribution in [0.4, 0.5) is 4.79 Å². The van der Waals surface area contributed by atoms with Crippen LogP contribution in [0.15, 0.2) is 11.3 Å². The highest BCUT2D eigenvalue weighted by atomic mass is 16.4. The Kier molecular flexibility index (Phi) is 3.57. The maximum Gasteiger partial charge on any atom is 0.407 e. The SMILES string of the molecule is CC(C)CN1NCC2=C1CCN(C(=O)O)CC2. The molecule has 0 aromatic rings. The summed E-state index contributed by atoms with van der Waals surface area (Å²) < 4.78 is 0. The molecule has 5 heteroatoms. The van der Waals surface area contributed by atoms with Crippen LogP contribution >= 0.6 is 0 Å². The van der Waals surface area contributed by atoms with E-state index in [2.05, 4.69) is 24.3 Å². The Morgan fingerprint density at radius 3 is 2.76 bits per heavy atom. The van der Waals surface area contributed by atoms with Crippen LogP contribution in [0.1, 0.15) is 26.7 Å². The average molecular weight is 239 g/mol. The molecule has 0 saturated carbocycles. The zero-order valence-corrected chi connectivity index (χ0v) is 10.6. The van der Waals surface area contributed by atoms with Gasteiger partial charge in [0.15, 0.2) is 0 Å². The number of amides is 1. The zero-order valence-electron chi connectivity index (χ0n) is 10.6. The zero-order chi connectivity index (χ0) is 12.4. The van der Waals surface area contributed by atoms with Gasteiger partial charge in [-0.25, -0.2) is 10.2 Å². The molecule has 0 aliphatic carbocycles. The largest absolute Gasteiger partial charge is 0.465 e. The van der Waals surface area contributed by atoms with Crippen molar-refractivity contribution in [1.82, 2.24) is 15.3 Å². The van der Waals surface area contributed by atoms with E-state index in [9.17, 15) is 4.79 Å². The van der Waals surface area contributed by atoms with Gasteiger partial charge in [0.05, 0.1) is 0 Å². The number of hydrogen-bond acceptors (Lipinski definition) is 3. The minimum absolute atomic E-state index is 0.605. The number of nitrogens with zero attached hydrogens (tertiary/aromatic N) is 2. The molecule has 0 spiro atoms. The van der Waals surface area contributed by atoms with Gasteiger partial charge in [0.2, 0.25) is 0 Å². The van der Waals surface area contributed by atoms with Gasteiger partial charge >= 0.3 is 6.09 Å². The second-order valence-electron chi connectivity index (χ2n) is 5.16. The molecule has 0 aromatic heterocycles. The van der Waals surface area contributed by atoms with Gasteiger partial charge in [-0.1, -0.05) is 13.8 Å². The van der Waals surface area contributed by atoms with Crippen molar-refractivity contribution in [2.24, 2.45) is 5.92 Å². The predicted octanol–water partition coefficient (Wildman–Crippen LogP) is 1.49. The molecule has 0 aromatic carbocycles. The van der Waals surface area contributed by atoms with Crippen molar-refractivity contribution in [3.05, 3.63) is 11.3 Å². The highest BCUT2D eigenvalue weighted by molar-refractivity contribution is 5.65.